The minimum absolute atomic E-state index is 0.0777. The Bertz CT molecular complexity index is 4200. The van der Waals surface area contributed by atoms with Crippen LogP contribution < -0.4 is 37.4 Å². The first-order chi connectivity index (χ1) is 48.4. The van der Waals surface area contributed by atoms with Crippen molar-refractivity contribution in [2.45, 2.75) is 45.8 Å². The smallest absolute Gasteiger partial charge is 0.417 e. The van der Waals surface area contributed by atoms with Crippen molar-refractivity contribution in [1.82, 2.24) is 9.97 Å². The Morgan fingerprint density at radius 3 is 1.40 bits per heavy atom. The van der Waals surface area contributed by atoms with Crippen molar-refractivity contribution in [3.8, 4) is 53.4 Å². The average Bonchev–Trinajstić information content (AvgIpc) is 0.848. The van der Waals surface area contributed by atoms with E-state index in [1.165, 1.54) is 6.20 Å². The summed E-state index contributed by atoms with van der Waals surface area (Å²) in [6.45, 7) is 8.60. The molecular weight excluding hydrogens is 1310 g/mol. The van der Waals surface area contributed by atoms with Crippen LogP contribution in [-0.2, 0) is 31.3 Å². The van der Waals surface area contributed by atoms with E-state index in [9.17, 15) is 4.89 Å². The molecule has 0 amide bonds. The number of allylic oxidation sites excluding steroid dienone is 11. The average molecular weight is 1380 g/mol. The highest BCUT2D eigenvalue weighted by molar-refractivity contribution is 7.43. The molecule has 20 heteroatoms. The zero-order chi connectivity index (χ0) is 68.6. The van der Waals surface area contributed by atoms with Crippen molar-refractivity contribution in [3.63, 3.8) is 0 Å². The molecule has 2 aliphatic rings. The maximum Gasteiger partial charge on any atom is 0.529 e. The molecule has 0 bridgehead atoms. The molecule has 498 valence electrons. The third-order valence-corrected chi connectivity index (χ3v) is 17.0. The molecule has 98 heavy (non-hydrogen) atoms. The van der Waals surface area contributed by atoms with Crippen LogP contribution in [0, 0.1) is 12.8 Å². The molecule has 0 radical (unpaired) electrons. The maximum atomic E-state index is 10.4. The molecule has 2 aromatic heterocycles. The Morgan fingerprint density at radius 2 is 0.867 bits per heavy atom. The summed E-state index contributed by atoms with van der Waals surface area (Å²) >= 11 is 0. The van der Waals surface area contributed by atoms with Gasteiger partial charge in [0.2, 0.25) is 17.6 Å². The zero-order valence-electron chi connectivity index (χ0n) is 53.8. The molecule has 3 heterocycles. The fourth-order valence-electron chi connectivity index (χ4n) is 8.80. The van der Waals surface area contributed by atoms with Gasteiger partial charge in [0.15, 0.2) is 0 Å². The summed E-state index contributed by atoms with van der Waals surface area (Å²) in [5, 5.41) is 6.08. The van der Waals surface area contributed by atoms with Gasteiger partial charge in [-0.25, -0.2) is 15.0 Å². The van der Waals surface area contributed by atoms with Crippen LogP contribution in [0.5, 0.6) is 40.5 Å². The molecule has 10 aromatic rings. The molecule has 0 saturated heterocycles. The maximum absolute atomic E-state index is 10.4. The minimum Gasteiger partial charge on any atom is -0.417 e. The van der Waals surface area contributed by atoms with Crippen molar-refractivity contribution in [1.29, 1.82) is 0 Å². The Balaban J connectivity index is 0.000000245. The number of nitrogens with two attached hydrogens (primary N) is 1. The van der Waals surface area contributed by atoms with E-state index in [4.69, 9.17) is 49.8 Å². The van der Waals surface area contributed by atoms with Crippen LogP contribution in [0.1, 0.15) is 43.7 Å². The molecule has 12 rings (SSSR count). The van der Waals surface area contributed by atoms with Gasteiger partial charge >= 0.3 is 34.4 Å². The number of hydrogen-bond donors (Lipinski definition) is 2. The second-order valence-electron chi connectivity index (χ2n) is 20.1. The summed E-state index contributed by atoms with van der Waals surface area (Å²) < 4.78 is 68.3. The van der Waals surface area contributed by atoms with Gasteiger partial charge < -0.3 is 51.3 Å². The van der Waals surface area contributed by atoms with Gasteiger partial charge in [-0.05, 0) is 97.1 Å². The topological polar surface area (TPSA) is 186 Å². The normalized spacial score (nSPS) is 15.5. The summed E-state index contributed by atoms with van der Waals surface area (Å²) in [6.07, 6.45) is 38.9. The number of hydrogen-bond acceptors (Lipinski definition) is 16. The van der Waals surface area contributed by atoms with Crippen LogP contribution in [0.25, 0.3) is 32.3 Å². The fourth-order valence-corrected chi connectivity index (χ4v) is 12.5. The first-order valence-corrected chi connectivity index (χ1v) is 35.3. The number of benzene rings is 8. The fraction of sp³-hybridized carbons (Fsp3) is 0.0897. The van der Waals surface area contributed by atoms with E-state index in [2.05, 4.69) is 101 Å². The van der Waals surface area contributed by atoms with Crippen molar-refractivity contribution in [2.24, 2.45) is 10.7 Å². The van der Waals surface area contributed by atoms with Gasteiger partial charge in [-0.15, -0.1) is 19.4 Å². The SMILES string of the molecule is C#C.C1=C\C/C=C\C=C(\OP(Oc2ccccc2COP(Oc2cccc3ccccc23)Oc2cccc3ccccc23)Oc2cccc3ccccc23)C\C=C/1.C=CC.C=CN.OP(OC1=C/C=C\CC/C=N\1)Oc1ccccc1COP(Oc1ccccn1)Oc1ccccn1. The van der Waals surface area contributed by atoms with Crippen molar-refractivity contribution in [2.75, 3.05) is 0 Å². The highest BCUT2D eigenvalue weighted by Crippen LogP contribution is 2.50. The third kappa shape index (κ3) is 24.4. The molecule has 2 unspecified atom stereocenters. The largest absolute Gasteiger partial charge is 0.529 e. The van der Waals surface area contributed by atoms with Gasteiger partial charge in [-0.1, -0.05) is 219 Å². The lowest BCUT2D eigenvalue weighted by atomic mass is 10.1. The van der Waals surface area contributed by atoms with Gasteiger partial charge in [0, 0.05) is 70.5 Å². The molecule has 1 aliphatic heterocycles. The minimum atomic E-state index is -2.27. The van der Waals surface area contributed by atoms with Gasteiger partial charge in [0.1, 0.15) is 34.5 Å². The Morgan fingerprint density at radius 1 is 0.449 bits per heavy atom. The monoisotopic (exact) mass is 1380 g/mol. The lowest BCUT2D eigenvalue weighted by molar-refractivity contribution is 0.248. The van der Waals surface area contributed by atoms with E-state index >= 15 is 0 Å². The van der Waals surface area contributed by atoms with Crippen LogP contribution in [-0.4, -0.2) is 21.1 Å². The van der Waals surface area contributed by atoms with Crippen molar-refractivity contribution < 1.29 is 54.7 Å². The highest BCUT2D eigenvalue weighted by Gasteiger charge is 2.27. The number of aliphatic imine (C=N–C) groups is 1. The van der Waals surface area contributed by atoms with E-state index in [0.717, 1.165) is 62.9 Å². The first-order valence-electron chi connectivity index (χ1n) is 30.8. The van der Waals surface area contributed by atoms with Crippen LogP contribution in [0.3, 0.4) is 0 Å². The quantitative estimate of drug-likeness (QED) is 0.0330. The van der Waals surface area contributed by atoms with E-state index < -0.39 is 34.4 Å². The summed E-state index contributed by atoms with van der Waals surface area (Å²) in [7, 11) is -8.08. The summed E-state index contributed by atoms with van der Waals surface area (Å²) in [5.41, 5.74) is 6.05. The number of pyridine rings is 2. The number of terminal acetylenes is 1. The number of nitrogens with zero attached hydrogens (tertiary/aromatic N) is 3. The molecule has 0 spiro atoms. The molecule has 16 nitrogen and oxygen atoms in total. The molecule has 8 aromatic carbocycles. The predicted molar refractivity (Wildman–Crippen MR) is 399 cm³/mol. The Labute approximate surface area is 578 Å². The standard InChI is InChI=1S/C47H38O6P2.C24H23N3O6P2.C3H6.C2H5N.C2H2/c1-2-4-6-26-40(27-7-5-3-1)49-55(53-47-34-18-25-38-21-10-14-30-43(38)47)50-44-31-15-11-22-39(44)35-48-54(51-45-32-16-23-36-19-8-12-28-41(36)45)52-46-33-17-24-37-20-9-13-29-42(37)46;28-34(31-22-13-3-1-2-8-16-25-22)30-21-12-5-4-11-20(21)19-29-35(32-23-14-6-9-17-26-23)33-24-15-7-10-18-27-24;1-3-2;1-2-3;1-2/h1-2,4-25,27-34H,3,26,35H2;1,3-7,9-18,28H,2,8,19H2;3H,1H2,2H3;2H,1,3H2;1-2H/b2-1-,6-4-,7-5-,40-27+;3-1-,22-13+,25-16-;;;. The molecule has 0 saturated carbocycles. The third-order valence-electron chi connectivity index (χ3n) is 13.1. The van der Waals surface area contributed by atoms with Crippen LogP contribution in [0.15, 0.2) is 328 Å². The lowest BCUT2D eigenvalue weighted by Gasteiger charge is -2.22. The molecular formula is C78H74N4O12P4. The van der Waals surface area contributed by atoms with E-state index in [-0.39, 0.29) is 19.1 Å². The van der Waals surface area contributed by atoms with Crippen LogP contribution in [0.2, 0.25) is 0 Å². The molecule has 2 atom stereocenters. The first kappa shape index (κ1) is 73.4. The lowest BCUT2D eigenvalue weighted by Crippen LogP contribution is -2.04. The highest BCUT2D eigenvalue weighted by atomic mass is 31.2. The summed E-state index contributed by atoms with van der Waals surface area (Å²) in [4.78, 5) is 22.9. The second kappa shape index (κ2) is 42.2. The Hall–Kier alpha value is -10.4. The molecule has 1 aliphatic carbocycles. The molecule has 3 N–H and O–H groups in total. The summed E-state index contributed by atoms with van der Waals surface area (Å²) in [6, 6.07) is 67.7. The van der Waals surface area contributed by atoms with Gasteiger partial charge in [0.05, 0.1) is 13.2 Å². The second-order valence-corrected chi connectivity index (χ2v) is 24.1. The van der Waals surface area contributed by atoms with E-state index in [1.807, 2.05) is 171 Å². The zero-order valence-corrected chi connectivity index (χ0v) is 57.4. The van der Waals surface area contributed by atoms with Crippen molar-refractivity contribution in [3.05, 3.63) is 334 Å². The van der Waals surface area contributed by atoms with Crippen LogP contribution >= 0.6 is 34.4 Å². The van der Waals surface area contributed by atoms with E-state index in [1.54, 1.807) is 79.3 Å². The van der Waals surface area contributed by atoms with Gasteiger partial charge in [0.25, 0.3) is 0 Å². The van der Waals surface area contributed by atoms with Gasteiger partial charge in [-0.3, -0.25) is 9.05 Å². The Kier molecular flexibility index (Phi) is 31.6. The van der Waals surface area contributed by atoms with Crippen LogP contribution in [0.4, 0.5) is 0 Å². The number of para-hydroxylation sites is 2. The molecule has 0 fully saturated rings. The van der Waals surface area contributed by atoms with Gasteiger partial charge in [-0.2, -0.15) is 0 Å². The summed E-state index contributed by atoms with van der Waals surface area (Å²) in [5.74, 6) is 4.69. The van der Waals surface area contributed by atoms with Crippen molar-refractivity contribution >= 4 is 72.9 Å². The predicted octanol–water partition coefficient (Wildman–Crippen LogP) is 21.9. The number of rotatable bonds is 24. The number of aromatic nitrogens is 2. The number of fused-ring (bicyclic) bond motifs is 3. The van der Waals surface area contributed by atoms with E-state index in [0.29, 0.717) is 52.5 Å².